The molecule has 0 fully saturated rings. The first kappa shape index (κ1) is 13.8. The molecule has 0 aliphatic heterocycles. The molecule has 0 saturated carbocycles. The monoisotopic (exact) mass is 321 g/mol. The third kappa shape index (κ3) is 3.92. The summed E-state index contributed by atoms with van der Waals surface area (Å²) in [6, 6.07) is 9.84. The molecule has 1 aromatic carbocycles. The second kappa shape index (κ2) is 6.02. The molecular weight excluding hydrogens is 306 g/mol. The van der Waals surface area contributed by atoms with Crippen LogP contribution in [-0.2, 0) is 17.9 Å². The van der Waals surface area contributed by atoms with Gasteiger partial charge in [-0.3, -0.25) is 9.48 Å². The zero-order chi connectivity index (χ0) is 13.8. The van der Waals surface area contributed by atoms with E-state index >= 15 is 0 Å². The van der Waals surface area contributed by atoms with Gasteiger partial charge in [0.05, 0.1) is 5.69 Å². The van der Waals surface area contributed by atoms with Gasteiger partial charge in [-0.25, -0.2) is 0 Å². The van der Waals surface area contributed by atoms with E-state index in [0.717, 1.165) is 21.4 Å². The zero-order valence-electron chi connectivity index (χ0n) is 11.0. The summed E-state index contributed by atoms with van der Waals surface area (Å²) < 4.78 is 2.75. The number of aromatic nitrogens is 2. The number of carbonyl (C=O) groups excluding carboxylic acids is 1. The fraction of sp³-hybridized carbons (Fsp3) is 0.286. The van der Waals surface area contributed by atoms with Crippen molar-refractivity contribution < 1.29 is 4.79 Å². The summed E-state index contributed by atoms with van der Waals surface area (Å²) in [5, 5.41) is 7.15. The summed E-state index contributed by atoms with van der Waals surface area (Å²) >= 11 is 3.38. The van der Waals surface area contributed by atoms with E-state index in [2.05, 4.69) is 26.3 Å². The Morgan fingerprint density at radius 2 is 2.00 bits per heavy atom. The lowest BCUT2D eigenvalue weighted by Crippen LogP contribution is -2.27. The largest absolute Gasteiger partial charge is 0.350 e. The number of halogens is 1. The molecule has 2 rings (SSSR count). The van der Waals surface area contributed by atoms with Crippen molar-refractivity contribution in [2.75, 3.05) is 0 Å². The van der Waals surface area contributed by atoms with Gasteiger partial charge in [-0.2, -0.15) is 5.10 Å². The molecule has 0 unspecified atom stereocenters. The van der Waals surface area contributed by atoms with Crippen LogP contribution in [0.4, 0.5) is 0 Å². The van der Waals surface area contributed by atoms with Crippen LogP contribution in [-0.4, -0.2) is 15.7 Å². The predicted octanol–water partition coefficient (Wildman–Crippen LogP) is 2.58. The zero-order valence-corrected chi connectivity index (χ0v) is 12.6. The molecule has 0 aliphatic carbocycles. The minimum atomic E-state index is -0.0332. The summed E-state index contributed by atoms with van der Waals surface area (Å²) in [5.41, 5.74) is 3.00. The lowest BCUT2D eigenvalue weighted by molar-refractivity contribution is -0.122. The molecule has 1 amide bonds. The van der Waals surface area contributed by atoms with Crippen LogP contribution in [0.2, 0.25) is 0 Å². The lowest BCUT2D eigenvalue weighted by Gasteiger charge is -2.07. The molecular formula is C14H16BrN3O. The number of rotatable bonds is 4. The molecule has 2 aromatic rings. The van der Waals surface area contributed by atoms with E-state index in [0.29, 0.717) is 6.54 Å². The summed E-state index contributed by atoms with van der Waals surface area (Å²) in [4.78, 5) is 11.8. The molecule has 0 bridgehead atoms. The molecule has 0 spiro atoms. The molecule has 4 nitrogen and oxygen atoms in total. The van der Waals surface area contributed by atoms with Gasteiger partial charge in [-0.05, 0) is 37.6 Å². The fourth-order valence-corrected chi connectivity index (χ4v) is 2.09. The van der Waals surface area contributed by atoms with Crippen molar-refractivity contribution in [2.24, 2.45) is 0 Å². The molecule has 19 heavy (non-hydrogen) atoms. The number of nitrogens with one attached hydrogen (secondary N) is 1. The number of nitrogens with zero attached hydrogens (tertiary/aromatic N) is 2. The second-order valence-electron chi connectivity index (χ2n) is 4.49. The van der Waals surface area contributed by atoms with Gasteiger partial charge in [-0.15, -0.1) is 0 Å². The van der Waals surface area contributed by atoms with Gasteiger partial charge in [0.1, 0.15) is 6.54 Å². The molecule has 1 heterocycles. The van der Waals surface area contributed by atoms with Crippen molar-refractivity contribution in [2.45, 2.75) is 26.9 Å². The molecule has 0 radical (unpaired) electrons. The summed E-state index contributed by atoms with van der Waals surface area (Å²) in [7, 11) is 0. The van der Waals surface area contributed by atoms with Gasteiger partial charge in [0.25, 0.3) is 0 Å². The topological polar surface area (TPSA) is 46.9 Å². The van der Waals surface area contributed by atoms with Gasteiger partial charge in [0, 0.05) is 16.7 Å². The van der Waals surface area contributed by atoms with E-state index in [1.807, 2.05) is 44.2 Å². The maximum absolute atomic E-state index is 11.8. The van der Waals surface area contributed by atoms with Gasteiger partial charge in [-0.1, -0.05) is 28.1 Å². The molecule has 1 N–H and O–H groups in total. The van der Waals surface area contributed by atoms with Crippen molar-refractivity contribution in [3.63, 3.8) is 0 Å². The first-order valence-corrected chi connectivity index (χ1v) is 6.86. The average molecular weight is 322 g/mol. The van der Waals surface area contributed by atoms with Gasteiger partial charge in [0.2, 0.25) is 5.91 Å². The standard InChI is InChI=1S/C14H16BrN3O/c1-10-7-11(2)18(17-10)9-14(19)16-8-12-3-5-13(15)6-4-12/h3-7H,8-9H2,1-2H3,(H,16,19). The number of benzene rings is 1. The van der Waals surface area contributed by atoms with Crippen LogP contribution in [0.5, 0.6) is 0 Å². The Balaban J connectivity index is 1.88. The fourth-order valence-electron chi connectivity index (χ4n) is 1.83. The van der Waals surface area contributed by atoms with Gasteiger partial charge in [0.15, 0.2) is 0 Å². The third-order valence-corrected chi connectivity index (χ3v) is 3.33. The van der Waals surface area contributed by atoms with Crippen LogP contribution >= 0.6 is 15.9 Å². The van der Waals surface area contributed by atoms with Crippen LogP contribution in [0.15, 0.2) is 34.8 Å². The molecule has 0 atom stereocenters. The van der Waals surface area contributed by atoms with Crippen molar-refractivity contribution in [3.05, 3.63) is 51.8 Å². The van der Waals surface area contributed by atoms with Crippen molar-refractivity contribution >= 4 is 21.8 Å². The van der Waals surface area contributed by atoms with Crippen molar-refractivity contribution in [1.82, 2.24) is 15.1 Å². The first-order chi connectivity index (χ1) is 9.04. The van der Waals surface area contributed by atoms with Crippen molar-refractivity contribution in [3.8, 4) is 0 Å². The molecule has 0 aliphatic rings. The molecule has 5 heteroatoms. The summed E-state index contributed by atoms with van der Waals surface area (Å²) in [6.07, 6.45) is 0. The van der Waals surface area contributed by atoms with E-state index in [1.165, 1.54) is 0 Å². The summed E-state index contributed by atoms with van der Waals surface area (Å²) in [6.45, 7) is 4.66. The Morgan fingerprint density at radius 1 is 1.32 bits per heavy atom. The van der Waals surface area contributed by atoms with E-state index in [4.69, 9.17) is 0 Å². The van der Waals surface area contributed by atoms with E-state index in [1.54, 1.807) is 4.68 Å². The number of hydrogen-bond donors (Lipinski definition) is 1. The Morgan fingerprint density at radius 3 is 2.58 bits per heavy atom. The molecule has 0 saturated heterocycles. The Hall–Kier alpha value is -1.62. The highest BCUT2D eigenvalue weighted by atomic mass is 79.9. The average Bonchev–Trinajstić information content (AvgIpc) is 2.67. The third-order valence-electron chi connectivity index (χ3n) is 2.80. The smallest absolute Gasteiger partial charge is 0.242 e. The van der Waals surface area contributed by atoms with Crippen LogP contribution in [0.3, 0.4) is 0 Å². The normalized spacial score (nSPS) is 10.5. The number of hydrogen-bond acceptors (Lipinski definition) is 2. The van der Waals surface area contributed by atoms with E-state index < -0.39 is 0 Å². The number of aryl methyl sites for hydroxylation is 2. The Labute approximate surface area is 120 Å². The van der Waals surface area contributed by atoms with Crippen molar-refractivity contribution in [1.29, 1.82) is 0 Å². The number of carbonyl (C=O) groups is 1. The second-order valence-corrected chi connectivity index (χ2v) is 5.40. The Kier molecular flexibility index (Phi) is 4.37. The van der Waals surface area contributed by atoms with E-state index in [9.17, 15) is 4.79 Å². The lowest BCUT2D eigenvalue weighted by atomic mass is 10.2. The maximum Gasteiger partial charge on any atom is 0.242 e. The molecule has 1 aromatic heterocycles. The highest BCUT2D eigenvalue weighted by Gasteiger charge is 2.06. The highest BCUT2D eigenvalue weighted by molar-refractivity contribution is 9.10. The first-order valence-electron chi connectivity index (χ1n) is 6.07. The molecule has 100 valence electrons. The van der Waals surface area contributed by atoms with Crippen LogP contribution in [0.1, 0.15) is 17.0 Å². The van der Waals surface area contributed by atoms with Gasteiger partial charge < -0.3 is 5.32 Å². The van der Waals surface area contributed by atoms with Crippen LogP contribution in [0.25, 0.3) is 0 Å². The SMILES string of the molecule is Cc1cc(C)n(CC(=O)NCc2ccc(Br)cc2)n1. The van der Waals surface area contributed by atoms with Crippen LogP contribution < -0.4 is 5.32 Å². The summed E-state index contributed by atoms with van der Waals surface area (Å²) in [5.74, 6) is -0.0332. The van der Waals surface area contributed by atoms with Gasteiger partial charge >= 0.3 is 0 Å². The van der Waals surface area contributed by atoms with E-state index in [-0.39, 0.29) is 12.5 Å². The Bertz CT molecular complexity index is 575. The quantitative estimate of drug-likeness (QED) is 0.940. The number of amides is 1. The predicted molar refractivity (Wildman–Crippen MR) is 77.7 cm³/mol. The maximum atomic E-state index is 11.8. The van der Waals surface area contributed by atoms with Crippen LogP contribution in [0, 0.1) is 13.8 Å². The highest BCUT2D eigenvalue weighted by Crippen LogP contribution is 2.10. The minimum absolute atomic E-state index is 0.0332. The minimum Gasteiger partial charge on any atom is -0.350 e.